The standard InChI is InChI=1S/C9H16N2O3/c1-7(12)11-6-9(14-8(10)13)4-2-3-5-9/h2-6H2,1H3,(H2,10,13)(H,11,12). The number of primary amides is 1. The molecule has 0 spiro atoms. The number of amides is 2. The molecule has 2 amide bonds. The molecule has 0 aliphatic heterocycles. The molecule has 0 aromatic heterocycles. The highest BCUT2D eigenvalue weighted by atomic mass is 16.6. The van der Waals surface area contributed by atoms with E-state index in [1.54, 1.807) is 0 Å². The van der Waals surface area contributed by atoms with Crippen LogP contribution in [0.1, 0.15) is 32.6 Å². The monoisotopic (exact) mass is 200 g/mol. The number of carbonyl (C=O) groups excluding carboxylic acids is 2. The Morgan fingerprint density at radius 3 is 2.43 bits per heavy atom. The number of ether oxygens (including phenoxy) is 1. The fraction of sp³-hybridized carbons (Fsp3) is 0.778. The van der Waals surface area contributed by atoms with Crippen LogP contribution in [0.5, 0.6) is 0 Å². The summed E-state index contributed by atoms with van der Waals surface area (Å²) in [5.41, 5.74) is 4.43. The van der Waals surface area contributed by atoms with Gasteiger partial charge in [0, 0.05) is 6.92 Å². The third kappa shape index (κ3) is 2.90. The molecule has 0 saturated heterocycles. The summed E-state index contributed by atoms with van der Waals surface area (Å²) in [5.74, 6) is -0.121. The van der Waals surface area contributed by atoms with Gasteiger partial charge in [0.2, 0.25) is 5.91 Å². The molecule has 14 heavy (non-hydrogen) atoms. The van der Waals surface area contributed by atoms with Gasteiger partial charge in [-0.1, -0.05) is 0 Å². The van der Waals surface area contributed by atoms with Gasteiger partial charge in [-0.15, -0.1) is 0 Å². The summed E-state index contributed by atoms with van der Waals surface area (Å²) in [6.45, 7) is 1.80. The minimum Gasteiger partial charge on any atom is -0.441 e. The van der Waals surface area contributed by atoms with E-state index in [0.717, 1.165) is 25.7 Å². The van der Waals surface area contributed by atoms with Gasteiger partial charge in [0.1, 0.15) is 5.60 Å². The van der Waals surface area contributed by atoms with Gasteiger partial charge in [-0.25, -0.2) is 4.79 Å². The SMILES string of the molecule is CC(=O)NCC1(OC(N)=O)CCCC1. The molecule has 0 aromatic carbocycles. The van der Waals surface area contributed by atoms with Gasteiger partial charge in [0.25, 0.3) is 0 Å². The highest BCUT2D eigenvalue weighted by Gasteiger charge is 2.37. The highest BCUT2D eigenvalue weighted by Crippen LogP contribution is 2.32. The van der Waals surface area contributed by atoms with Crippen LogP contribution >= 0.6 is 0 Å². The van der Waals surface area contributed by atoms with Crippen LogP contribution in [0.3, 0.4) is 0 Å². The molecule has 5 heteroatoms. The quantitative estimate of drug-likeness (QED) is 0.697. The average Bonchev–Trinajstić information content (AvgIpc) is 2.49. The Hall–Kier alpha value is -1.26. The van der Waals surface area contributed by atoms with Crippen LogP contribution in [0.4, 0.5) is 4.79 Å². The summed E-state index contributed by atoms with van der Waals surface area (Å²) < 4.78 is 5.07. The van der Waals surface area contributed by atoms with Crippen molar-refractivity contribution in [2.24, 2.45) is 5.73 Å². The van der Waals surface area contributed by atoms with E-state index in [-0.39, 0.29) is 5.91 Å². The molecule has 0 aromatic rings. The van der Waals surface area contributed by atoms with E-state index in [1.807, 2.05) is 0 Å². The third-order valence-electron chi connectivity index (χ3n) is 2.49. The molecule has 1 saturated carbocycles. The Balaban J connectivity index is 2.52. The molecule has 5 nitrogen and oxygen atoms in total. The zero-order chi connectivity index (χ0) is 10.6. The molecule has 3 N–H and O–H groups in total. The van der Waals surface area contributed by atoms with Crippen LogP contribution in [-0.2, 0) is 9.53 Å². The van der Waals surface area contributed by atoms with E-state index < -0.39 is 11.7 Å². The first-order valence-corrected chi connectivity index (χ1v) is 4.77. The first-order chi connectivity index (χ1) is 6.54. The fourth-order valence-corrected chi connectivity index (χ4v) is 1.83. The van der Waals surface area contributed by atoms with E-state index >= 15 is 0 Å². The topological polar surface area (TPSA) is 81.4 Å². The third-order valence-corrected chi connectivity index (χ3v) is 2.49. The maximum Gasteiger partial charge on any atom is 0.405 e. The number of nitrogens with one attached hydrogen (secondary N) is 1. The Morgan fingerprint density at radius 1 is 1.43 bits per heavy atom. The summed E-state index contributed by atoms with van der Waals surface area (Å²) in [6, 6.07) is 0. The van der Waals surface area contributed by atoms with Crippen LogP contribution in [0.15, 0.2) is 0 Å². The molecule has 1 rings (SSSR count). The van der Waals surface area contributed by atoms with Crippen LogP contribution in [-0.4, -0.2) is 24.1 Å². The van der Waals surface area contributed by atoms with Gasteiger partial charge in [0.15, 0.2) is 0 Å². The second-order valence-electron chi connectivity index (χ2n) is 3.72. The van der Waals surface area contributed by atoms with Crippen LogP contribution in [0.2, 0.25) is 0 Å². The van der Waals surface area contributed by atoms with Crippen molar-refractivity contribution in [3.05, 3.63) is 0 Å². The number of carbonyl (C=O) groups is 2. The van der Waals surface area contributed by atoms with Crippen LogP contribution in [0.25, 0.3) is 0 Å². The van der Waals surface area contributed by atoms with Crippen molar-refractivity contribution in [3.63, 3.8) is 0 Å². The lowest BCUT2D eigenvalue weighted by Crippen LogP contribution is -2.44. The Labute approximate surface area is 83.0 Å². The summed E-state index contributed by atoms with van der Waals surface area (Å²) in [5, 5.41) is 2.66. The van der Waals surface area contributed by atoms with Crippen molar-refractivity contribution in [1.82, 2.24) is 5.32 Å². The minimum atomic E-state index is -0.766. The van der Waals surface area contributed by atoms with Crippen molar-refractivity contribution < 1.29 is 14.3 Å². The van der Waals surface area contributed by atoms with Gasteiger partial charge in [-0.05, 0) is 25.7 Å². The first-order valence-electron chi connectivity index (χ1n) is 4.77. The van der Waals surface area contributed by atoms with E-state index in [9.17, 15) is 9.59 Å². The maximum absolute atomic E-state index is 10.7. The molecule has 1 aliphatic rings. The summed E-state index contributed by atoms with van der Waals surface area (Å²) in [4.78, 5) is 21.4. The molecule has 80 valence electrons. The second kappa shape index (κ2) is 4.30. The van der Waals surface area contributed by atoms with Gasteiger partial charge >= 0.3 is 6.09 Å². The van der Waals surface area contributed by atoms with Crippen LogP contribution in [0, 0.1) is 0 Å². The number of rotatable bonds is 3. The van der Waals surface area contributed by atoms with E-state index in [0.29, 0.717) is 6.54 Å². The molecule has 0 bridgehead atoms. The lowest BCUT2D eigenvalue weighted by molar-refractivity contribution is -0.120. The fourth-order valence-electron chi connectivity index (χ4n) is 1.83. The van der Waals surface area contributed by atoms with Gasteiger partial charge in [-0.2, -0.15) is 0 Å². The molecular weight excluding hydrogens is 184 g/mol. The molecule has 0 atom stereocenters. The minimum absolute atomic E-state index is 0.121. The maximum atomic E-state index is 10.7. The van der Waals surface area contributed by atoms with Crippen LogP contribution < -0.4 is 11.1 Å². The molecule has 0 heterocycles. The average molecular weight is 200 g/mol. The van der Waals surface area contributed by atoms with Crippen molar-refractivity contribution in [2.45, 2.75) is 38.2 Å². The van der Waals surface area contributed by atoms with E-state index in [2.05, 4.69) is 5.32 Å². The summed E-state index contributed by atoms with van der Waals surface area (Å²) in [7, 11) is 0. The summed E-state index contributed by atoms with van der Waals surface area (Å²) in [6.07, 6.45) is 2.80. The van der Waals surface area contributed by atoms with E-state index in [1.165, 1.54) is 6.92 Å². The molecule has 1 aliphatic carbocycles. The predicted molar refractivity (Wildman–Crippen MR) is 50.6 cm³/mol. The second-order valence-corrected chi connectivity index (χ2v) is 3.72. The number of hydrogen-bond donors (Lipinski definition) is 2. The molecule has 0 radical (unpaired) electrons. The normalized spacial score (nSPS) is 18.9. The van der Waals surface area contributed by atoms with Crippen molar-refractivity contribution >= 4 is 12.0 Å². The molecule has 1 fully saturated rings. The zero-order valence-electron chi connectivity index (χ0n) is 8.34. The van der Waals surface area contributed by atoms with Crippen molar-refractivity contribution in [2.75, 3.05) is 6.54 Å². The Morgan fingerprint density at radius 2 is 2.00 bits per heavy atom. The lowest BCUT2D eigenvalue weighted by atomic mass is 10.0. The molecular formula is C9H16N2O3. The summed E-state index contributed by atoms with van der Waals surface area (Å²) >= 11 is 0. The van der Waals surface area contributed by atoms with E-state index in [4.69, 9.17) is 10.5 Å². The smallest absolute Gasteiger partial charge is 0.405 e. The first kappa shape index (κ1) is 10.8. The predicted octanol–water partition coefficient (Wildman–Crippen LogP) is 0.531. The number of nitrogens with two attached hydrogens (primary N) is 1. The zero-order valence-corrected chi connectivity index (χ0v) is 8.34. The van der Waals surface area contributed by atoms with Gasteiger partial charge in [0.05, 0.1) is 6.54 Å². The Kier molecular flexibility index (Phi) is 3.33. The lowest BCUT2D eigenvalue weighted by Gasteiger charge is -2.27. The number of hydrogen-bond acceptors (Lipinski definition) is 3. The van der Waals surface area contributed by atoms with Crippen molar-refractivity contribution in [1.29, 1.82) is 0 Å². The highest BCUT2D eigenvalue weighted by molar-refractivity contribution is 5.73. The largest absolute Gasteiger partial charge is 0.441 e. The molecule has 0 unspecified atom stereocenters. The Bertz CT molecular complexity index is 234. The van der Waals surface area contributed by atoms with Crippen molar-refractivity contribution in [3.8, 4) is 0 Å². The van der Waals surface area contributed by atoms with Gasteiger partial charge in [-0.3, -0.25) is 4.79 Å². The van der Waals surface area contributed by atoms with Gasteiger partial charge < -0.3 is 15.8 Å².